The molecule has 0 aliphatic heterocycles. The van der Waals surface area contributed by atoms with Crippen LogP contribution in [-0.4, -0.2) is 23.3 Å². The molecule has 27 heavy (non-hydrogen) atoms. The van der Waals surface area contributed by atoms with Gasteiger partial charge in [-0.2, -0.15) is 13.2 Å². The van der Waals surface area contributed by atoms with Crippen LogP contribution in [0.1, 0.15) is 10.4 Å². The topological polar surface area (TPSA) is 57.2 Å². The van der Waals surface area contributed by atoms with Gasteiger partial charge in [-0.1, -0.05) is 0 Å². The zero-order valence-corrected chi connectivity index (χ0v) is 13.8. The quantitative estimate of drug-likeness (QED) is 0.672. The third kappa shape index (κ3) is 4.28. The largest absolute Gasteiger partial charge is 0.484 e. The highest BCUT2D eigenvalue weighted by atomic mass is 19.4. The molecule has 0 fully saturated rings. The number of rotatable bonds is 5. The van der Waals surface area contributed by atoms with Crippen molar-refractivity contribution in [2.45, 2.75) is 6.18 Å². The number of aromatic nitrogens is 1. The first kappa shape index (κ1) is 18.5. The number of halogens is 4. The van der Waals surface area contributed by atoms with Gasteiger partial charge in [-0.3, -0.25) is 4.79 Å². The Morgan fingerprint density at radius 2 is 1.63 bits per heavy atom. The summed E-state index contributed by atoms with van der Waals surface area (Å²) in [7, 11) is 0. The van der Waals surface area contributed by atoms with Gasteiger partial charge in [0.1, 0.15) is 11.6 Å². The van der Waals surface area contributed by atoms with Crippen molar-refractivity contribution in [2.24, 2.45) is 5.73 Å². The average Bonchev–Trinajstić information content (AvgIpc) is 3.06. The van der Waals surface area contributed by atoms with Crippen LogP contribution in [-0.2, 0) is 0 Å². The maximum absolute atomic E-state index is 13.2. The molecule has 2 aromatic carbocycles. The highest BCUT2D eigenvalue weighted by Gasteiger charge is 2.28. The number of primary amides is 1. The lowest BCUT2D eigenvalue weighted by molar-refractivity contribution is -0.153. The smallest absolute Gasteiger partial charge is 0.422 e. The second-order valence-electron chi connectivity index (χ2n) is 5.72. The molecule has 1 amide bonds. The SMILES string of the molecule is NC(=O)c1ccn(-c2ccc(F)cc2)c1-c1ccc(OCC(F)(F)F)cc1. The van der Waals surface area contributed by atoms with E-state index in [4.69, 9.17) is 5.73 Å². The van der Waals surface area contributed by atoms with E-state index in [-0.39, 0.29) is 11.3 Å². The van der Waals surface area contributed by atoms with Gasteiger partial charge in [-0.15, -0.1) is 0 Å². The van der Waals surface area contributed by atoms with E-state index >= 15 is 0 Å². The summed E-state index contributed by atoms with van der Waals surface area (Å²) >= 11 is 0. The molecule has 0 aliphatic carbocycles. The summed E-state index contributed by atoms with van der Waals surface area (Å²) in [6.07, 6.45) is -2.83. The predicted octanol–water partition coefficient (Wildman–Crippen LogP) is 4.32. The molecule has 0 atom stereocenters. The zero-order chi connectivity index (χ0) is 19.6. The van der Waals surface area contributed by atoms with Crippen LogP contribution < -0.4 is 10.5 Å². The van der Waals surface area contributed by atoms with Crippen LogP contribution in [0.25, 0.3) is 16.9 Å². The lowest BCUT2D eigenvalue weighted by Gasteiger charge is -2.13. The summed E-state index contributed by atoms with van der Waals surface area (Å²) in [5.41, 5.74) is 7.23. The Hall–Kier alpha value is -3.29. The van der Waals surface area contributed by atoms with Crippen LogP contribution >= 0.6 is 0 Å². The molecule has 0 unspecified atom stereocenters. The zero-order valence-electron chi connectivity index (χ0n) is 13.8. The first-order valence-electron chi connectivity index (χ1n) is 7.82. The summed E-state index contributed by atoms with van der Waals surface area (Å²) < 4.78 is 56.3. The molecule has 0 bridgehead atoms. The molecule has 140 valence electrons. The van der Waals surface area contributed by atoms with E-state index in [1.54, 1.807) is 10.8 Å². The number of carbonyl (C=O) groups is 1. The maximum Gasteiger partial charge on any atom is 0.422 e. The lowest BCUT2D eigenvalue weighted by Crippen LogP contribution is -2.19. The number of amides is 1. The molecule has 0 aliphatic rings. The monoisotopic (exact) mass is 378 g/mol. The van der Waals surface area contributed by atoms with Crippen molar-refractivity contribution >= 4 is 5.91 Å². The molecule has 1 aromatic heterocycles. The van der Waals surface area contributed by atoms with E-state index in [1.807, 2.05) is 0 Å². The third-order valence-corrected chi connectivity index (χ3v) is 3.79. The number of nitrogens with zero attached hydrogens (tertiary/aromatic N) is 1. The van der Waals surface area contributed by atoms with Gasteiger partial charge in [0.05, 0.1) is 11.3 Å². The van der Waals surface area contributed by atoms with Crippen molar-refractivity contribution in [3.8, 4) is 22.7 Å². The molecule has 4 nitrogen and oxygen atoms in total. The Labute approximate surface area is 151 Å². The predicted molar refractivity (Wildman–Crippen MR) is 91.2 cm³/mol. The number of ether oxygens (including phenoxy) is 1. The van der Waals surface area contributed by atoms with Gasteiger partial charge in [0.15, 0.2) is 6.61 Å². The van der Waals surface area contributed by atoms with Gasteiger partial charge in [0.25, 0.3) is 5.91 Å². The standard InChI is InChI=1S/C19H14F4N2O2/c20-13-3-5-14(6-4-13)25-10-9-16(18(24)26)17(25)12-1-7-15(8-2-12)27-11-19(21,22)23/h1-10H,11H2,(H2,24,26). The van der Waals surface area contributed by atoms with Crippen LogP contribution in [0, 0.1) is 5.82 Å². The van der Waals surface area contributed by atoms with Crippen LogP contribution in [0.3, 0.4) is 0 Å². The fourth-order valence-electron chi connectivity index (χ4n) is 2.62. The summed E-state index contributed by atoms with van der Waals surface area (Å²) in [4.78, 5) is 11.8. The van der Waals surface area contributed by atoms with Gasteiger partial charge in [-0.05, 0) is 60.2 Å². The molecule has 8 heteroatoms. The fraction of sp³-hybridized carbons (Fsp3) is 0.105. The number of carbonyl (C=O) groups excluding carboxylic acids is 1. The summed E-state index contributed by atoms with van der Waals surface area (Å²) in [6, 6.07) is 12.9. The molecule has 0 radical (unpaired) electrons. The lowest BCUT2D eigenvalue weighted by atomic mass is 10.1. The first-order valence-corrected chi connectivity index (χ1v) is 7.82. The molecule has 0 spiro atoms. The van der Waals surface area contributed by atoms with Gasteiger partial charge >= 0.3 is 6.18 Å². The van der Waals surface area contributed by atoms with Gasteiger partial charge in [0.2, 0.25) is 0 Å². The summed E-state index contributed by atoms with van der Waals surface area (Å²) in [6.45, 7) is -1.40. The Kier molecular flexibility index (Phi) is 4.89. The Morgan fingerprint density at radius 1 is 1.00 bits per heavy atom. The van der Waals surface area contributed by atoms with E-state index in [9.17, 15) is 22.4 Å². The molecule has 3 rings (SSSR count). The minimum absolute atomic E-state index is 0.0385. The van der Waals surface area contributed by atoms with E-state index in [0.717, 1.165) is 0 Å². The summed E-state index contributed by atoms with van der Waals surface area (Å²) in [5, 5.41) is 0. The normalized spacial score (nSPS) is 11.4. The summed E-state index contributed by atoms with van der Waals surface area (Å²) in [5.74, 6) is -1.03. The van der Waals surface area contributed by atoms with Crippen molar-refractivity contribution in [2.75, 3.05) is 6.61 Å². The van der Waals surface area contributed by atoms with Crippen LogP contribution in [0.15, 0.2) is 60.8 Å². The maximum atomic E-state index is 13.2. The van der Waals surface area contributed by atoms with Gasteiger partial charge < -0.3 is 15.0 Å². The highest BCUT2D eigenvalue weighted by molar-refractivity contribution is 5.99. The van der Waals surface area contributed by atoms with E-state index < -0.39 is 24.5 Å². The van der Waals surface area contributed by atoms with Crippen molar-refractivity contribution in [1.29, 1.82) is 0 Å². The number of hydrogen-bond donors (Lipinski definition) is 1. The first-order chi connectivity index (χ1) is 12.7. The molecular weight excluding hydrogens is 364 g/mol. The molecule has 1 heterocycles. The Balaban J connectivity index is 1.98. The van der Waals surface area contributed by atoms with Crippen molar-refractivity contribution in [3.63, 3.8) is 0 Å². The number of alkyl halides is 3. The van der Waals surface area contributed by atoms with Crippen molar-refractivity contribution in [3.05, 3.63) is 72.2 Å². The highest BCUT2D eigenvalue weighted by Crippen LogP contribution is 2.30. The van der Waals surface area contributed by atoms with E-state index in [1.165, 1.54) is 54.6 Å². The van der Waals surface area contributed by atoms with Crippen LogP contribution in [0.2, 0.25) is 0 Å². The van der Waals surface area contributed by atoms with Crippen LogP contribution in [0.4, 0.5) is 17.6 Å². The molecular formula is C19H14F4N2O2. The number of hydrogen-bond acceptors (Lipinski definition) is 2. The van der Waals surface area contributed by atoms with E-state index in [0.29, 0.717) is 16.9 Å². The average molecular weight is 378 g/mol. The third-order valence-electron chi connectivity index (χ3n) is 3.79. The minimum Gasteiger partial charge on any atom is -0.484 e. The number of nitrogens with two attached hydrogens (primary N) is 1. The van der Waals surface area contributed by atoms with Crippen molar-refractivity contribution in [1.82, 2.24) is 4.57 Å². The number of benzene rings is 2. The van der Waals surface area contributed by atoms with E-state index in [2.05, 4.69) is 4.74 Å². The second-order valence-corrected chi connectivity index (χ2v) is 5.72. The van der Waals surface area contributed by atoms with Crippen molar-refractivity contribution < 1.29 is 27.1 Å². The molecule has 0 saturated carbocycles. The minimum atomic E-state index is -4.44. The molecule has 0 saturated heterocycles. The Morgan fingerprint density at radius 3 is 2.19 bits per heavy atom. The molecule has 3 aromatic rings. The van der Waals surface area contributed by atoms with Gasteiger partial charge in [-0.25, -0.2) is 4.39 Å². The van der Waals surface area contributed by atoms with Crippen LogP contribution in [0.5, 0.6) is 5.75 Å². The Bertz CT molecular complexity index is 945. The molecule has 2 N–H and O–H groups in total. The second kappa shape index (κ2) is 7.14. The fourth-order valence-corrected chi connectivity index (χ4v) is 2.62. The van der Waals surface area contributed by atoms with Gasteiger partial charge in [0, 0.05) is 11.9 Å².